The van der Waals surface area contributed by atoms with Crippen LogP contribution in [-0.4, -0.2) is 43.9 Å². The van der Waals surface area contributed by atoms with Gasteiger partial charge in [-0.2, -0.15) is 0 Å². The molecule has 0 saturated heterocycles. The zero-order chi connectivity index (χ0) is 15.4. The zero-order valence-corrected chi connectivity index (χ0v) is 13.7. The van der Waals surface area contributed by atoms with Crippen LogP contribution in [0.4, 0.5) is 0 Å². The highest BCUT2D eigenvalue weighted by atomic mass is 27.2. The van der Waals surface area contributed by atoms with E-state index in [4.69, 9.17) is 12.7 Å². The lowest BCUT2D eigenvalue weighted by Gasteiger charge is -2.17. The summed E-state index contributed by atoms with van der Waals surface area (Å²) < 4.78 is 11.3. The lowest BCUT2D eigenvalue weighted by Crippen LogP contribution is -2.28. The molecule has 0 saturated carbocycles. The smallest absolute Gasteiger partial charge is 0.481 e. The molecule has 0 bridgehead atoms. The predicted molar refractivity (Wildman–Crippen MR) is 76.1 cm³/mol. The number of ketones is 1. The second-order valence-corrected chi connectivity index (χ2v) is 6.47. The normalized spacial score (nSPS) is 9.84. The Hall–Kier alpha value is -0.668. The first-order valence-electron chi connectivity index (χ1n) is 6.32. The topological polar surface area (TPSA) is 72.8 Å². The third-order valence-electron chi connectivity index (χ3n) is 1.61. The van der Waals surface area contributed by atoms with E-state index in [1.165, 1.54) is 6.92 Å². The van der Waals surface area contributed by atoms with Gasteiger partial charge in [-0.05, 0) is 39.9 Å². The minimum Gasteiger partial charge on any atom is -0.481 e. The highest BCUT2D eigenvalue weighted by Crippen LogP contribution is 2.04. The fraction of sp³-hybridized carbons (Fsp3) is 0.692. The molecule has 0 atom stereocenters. The Morgan fingerprint density at radius 3 is 1.79 bits per heavy atom. The van der Waals surface area contributed by atoms with Gasteiger partial charge in [0.1, 0.15) is 12.2 Å². The number of hydrogen-bond acceptors (Lipinski definition) is 4. The molecule has 0 aliphatic rings. The van der Waals surface area contributed by atoms with Crippen molar-refractivity contribution >= 4 is 26.6 Å². The quantitative estimate of drug-likeness (QED) is 0.422. The zero-order valence-electron chi connectivity index (χ0n) is 12.5. The first-order valence-corrected chi connectivity index (χ1v) is 8.08. The van der Waals surface area contributed by atoms with E-state index in [9.17, 15) is 9.59 Å². The van der Waals surface area contributed by atoms with Gasteiger partial charge in [0.15, 0.2) is 0 Å². The van der Waals surface area contributed by atoms with Crippen molar-refractivity contribution in [2.24, 2.45) is 0 Å². The summed E-state index contributed by atoms with van der Waals surface area (Å²) in [6.07, 6.45) is 2.04. The number of aliphatic carboxylic acids is 1. The Bertz CT molecular complexity index is 254. The summed E-state index contributed by atoms with van der Waals surface area (Å²) in [5.74, 6) is -1.37. The van der Waals surface area contributed by atoms with Crippen LogP contribution in [-0.2, 0) is 17.2 Å². The van der Waals surface area contributed by atoms with Crippen molar-refractivity contribution < 1.29 is 22.3 Å². The van der Waals surface area contributed by atoms with Gasteiger partial charge in [0.25, 0.3) is 0 Å². The summed E-state index contributed by atoms with van der Waals surface area (Å²) in [6.45, 7) is 13.1. The van der Waals surface area contributed by atoms with Crippen LogP contribution in [0, 0.1) is 0 Å². The fourth-order valence-electron chi connectivity index (χ4n) is 1.10. The number of carboxylic acid groups (broad SMARTS) is 1. The summed E-state index contributed by atoms with van der Waals surface area (Å²) in [7, 11) is 0. The van der Waals surface area contributed by atoms with Gasteiger partial charge < -0.3 is 12.7 Å². The van der Waals surface area contributed by atoms with E-state index in [-0.39, 0.29) is 24.4 Å². The summed E-state index contributed by atoms with van der Waals surface area (Å²) in [4.78, 5) is 19.5. The molecule has 0 rings (SSSR count). The van der Waals surface area contributed by atoms with E-state index in [1.807, 2.05) is 33.8 Å². The van der Waals surface area contributed by atoms with Crippen LogP contribution in [0.15, 0.2) is 12.7 Å². The fourth-order valence-corrected chi connectivity index (χ4v) is 2.87. The SMILES string of the molecule is C=C[CH2][Al]([O]C(C)C)[O]C(C)C.CC(=O)CC(=O)O. The molecule has 0 aliphatic carbocycles. The third-order valence-corrected chi connectivity index (χ3v) is 4.02. The molecule has 110 valence electrons. The molecule has 0 aliphatic heterocycles. The van der Waals surface area contributed by atoms with Gasteiger partial charge in [-0.1, -0.05) is 6.08 Å². The van der Waals surface area contributed by atoms with Crippen LogP contribution in [0.5, 0.6) is 0 Å². The Labute approximate surface area is 120 Å². The van der Waals surface area contributed by atoms with Crippen molar-refractivity contribution in [1.82, 2.24) is 0 Å². The van der Waals surface area contributed by atoms with E-state index in [0.29, 0.717) is 0 Å². The third kappa shape index (κ3) is 19.8. The molecule has 0 aromatic carbocycles. The van der Waals surface area contributed by atoms with Crippen molar-refractivity contribution in [3.63, 3.8) is 0 Å². The maximum absolute atomic E-state index is 9.87. The van der Waals surface area contributed by atoms with E-state index >= 15 is 0 Å². The molecule has 6 heteroatoms. The largest absolute Gasteiger partial charge is 0.679 e. The van der Waals surface area contributed by atoms with Crippen LogP contribution in [0.3, 0.4) is 0 Å². The monoisotopic (exact) mass is 288 g/mol. The Morgan fingerprint density at radius 2 is 1.63 bits per heavy atom. The average Bonchev–Trinajstić information content (AvgIpc) is 2.13. The first kappa shape index (κ1) is 20.6. The molecule has 0 amide bonds. The number of Topliss-reactive ketones (excluding diaryl/α,β-unsaturated/α-hetero) is 1. The number of allylic oxidation sites excluding steroid dienone is 1. The molecule has 0 spiro atoms. The maximum Gasteiger partial charge on any atom is 0.679 e. The maximum atomic E-state index is 9.87. The molecule has 0 heterocycles. The van der Waals surface area contributed by atoms with Crippen LogP contribution in [0.2, 0.25) is 5.28 Å². The lowest BCUT2D eigenvalue weighted by atomic mass is 10.3. The Kier molecular flexibility index (Phi) is 13.4. The summed E-state index contributed by atoms with van der Waals surface area (Å²) in [5.41, 5.74) is 0. The second-order valence-electron chi connectivity index (χ2n) is 4.60. The van der Waals surface area contributed by atoms with E-state index in [1.54, 1.807) is 0 Å². The summed E-state index contributed by atoms with van der Waals surface area (Å²) in [5, 5.41) is 8.75. The molecule has 1 N–H and O–H groups in total. The second kappa shape index (κ2) is 12.4. The van der Waals surface area contributed by atoms with Gasteiger partial charge in [-0.25, -0.2) is 0 Å². The van der Waals surface area contributed by atoms with Crippen LogP contribution in [0.1, 0.15) is 41.0 Å². The Morgan fingerprint density at radius 1 is 1.21 bits per heavy atom. The molecular weight excluding hydrogens is 263 g/mol. The van der Waals surface area contributed by atoms with Crippen LogP contribution in [0.25, 0.3) is 0 Å². The Balaban J connectivity index is 0. The van der Waals surface area contributed by atoms with Gasteiger partial charge in [0.2, 0.25) is 0 Å². The first-order chi connectivity index (χ1) is 8.68. The summed E-state index contributed by atoms with van der Waals surface area (Å²) in [6, 6.07) is 0. The molecule has 5 nitrogen and oxygen atoms in total. The van der Waals surface area contributed by atoms with Crippen molar-refractivity contribution in [3.8, 4) is 0 Å². The molecule has 0 aromatic heterocycles. The lowest BCUT2D eigenvalue weighted by molar-refractivity contribution is -0.139. The number of rotatable bonds is 8. The van der Waals surface area contributed by atoms with Crippen molar-refractivity contribution in [3.05, 3.63) is 12.7 Å². The van der Waals surface area contributed by atoms with E-state index in [2.05, 4.69) is 6.58 Å². The number of carbonyl (C=O) groups is 2. The van der Waals surface area contributed by atoms with Gasteiger partial charge in [-0.15, -0.1) is 6.58 Å². The van der Waals surface area contributed by atoms with Gasteiger partial charge in [0.05, 0.1) is 0 Å². The molecule has 0 unspecified atom stereocenters. The minimum atomic E-state index is -1.47. The highest BCUT2D eigenvalue weighted by molar-refractivity contribution is 6.45. The minimum absolute atomic E-state index is 0.264. The van der Waals surface area contributed by atoms with Crippen LogP contribution < -0.4 is 0 Å². The van der Waals surface area contributed by atoms with Crippen molar-refractivity contribution in [2.75, 3.05) is 0 Å². The van der Waals surface area contributed by atoms with E-state index in [0.717, 1.165) is 5.28 Å². The molecule has 0 fully saturated rings. The highest BCUT2D eigenvalue weighted by Gasteiger charge is 2.25. The number of hydrogen-bond donors (Lipinski definition) is 1. The van der Waals surface area contributed by atoms with Gasteiger partial charge >= 0.3 is 20.8 Å². The number of carboxylic acids is 1. The van der Waals surface area contributed by atoms with Gasteiger partial charge in [0, 0.05) is 12.2 Å². The average molecular weight is 288 g/mol. The number of carbonyl (C=O) groups excluding carboxylic acids is 1. The predicted octanol–water partition coefficient (Wildman–Crippen LogP) is 2.56. The van der Waals surface area contributed by atoms with Gasteiger partial charge in [-0.3, -0.25) is 9.59 Å². The van der Waals surface area contributed by atoms with Crippen molar-refractivity contribution in [1.29, 1.82) is 0 Å². The molecule has 0 radical (unpaired) electrons. The van der Waals surface area contributed by atoms with Crippen molar-refractivity contribution in [2.45, 2.75) is 58.5 Å². The molecule has 19 heavy (non-hydrogen) atoms. The standard InChI is InChI=1S/C4H6O3.2C3H7O.C3H5.Al/c1-3(5)2-4(6)7;2*1-3(2)4;1-3-2;/h2H2,1H3,(H,6,7);2*3H,1-2H3;3H,1-2H2;/q;2*-1;;+2. The summed E-state index contributed by atoms with van der Waals surface area (Å²) >= 11 is -1.47. The molecule has 0 aromatic rings. The van der Waals surface area contributed by atoms with Crippen LogP contribution >= 0.6 is 0 Å². The molecular formula is C13H25AlO5. The van der Waals surface area contributed by atoms with E-state index < -0.39 is 20.8 Å².